The van der Waals surface area contributed by atoms with E-state index in [1.54, 1.807) is 20.8 Å². The molecule has 0 heterocycles. The Balaban J connectivity index is 4.88. The van der Waals surface area contributed by atoms with Crippen LogP contribution >= 0.6 is 7.37 Å². The molecule has 16 heavy (non-hydrogen) atoms. The molecule has 0 aliphatic heterocycles. The molecule has 6 heteroatoms. The number of hydrogen-bond donors (Lipinski definition) is 0. The minimum Gasteiger partial charge on any atom is -0.377 e. The molecule has 0 aliphatic rings. The summed E-state index contributed by atoms with van der Waals surface area (Å²) in [5.74, 6) is -0.538. The molecule has 0 aromatic carbocycles. The van der Waals surface area contributed by atoms with Crippen LogP contribution in [0.1, 0.15) is 20.8 Å². The Kier molecular flexibility index (Phi) is 5.18. The maximum Gasteiger partial charge on any atom is 0.268 e. The normalized spacial score (nSPS) is 15.4. The molecule has 1 unspecified atom stereocenters. The third-order valence-corrected chi connectivity index (χ3v) is 2.62. The predicted molar refractivity (Wildman–Crippen MR) is 63.8 cm³/mol. The molecular formula is C10H19N2O3P. The van der Waals surface area contributed by atoms with Crippen molar-refractivity contribution in [2.45, 2.75) is 26.4 Å². The summed E-state index contributed by atoms with van der Waals surface area (Å²) in [6.07, 6.45) is 0. The molecule has 1 atom stereocenters. The van der Waals surface area contributed by atoms with Crippen LogP contribution in [0.5, 0.6) is 0 Å². The van der Waals surface area contributed by atoms with Crippen molar-refractivity contribution >= 4 is 13.1 Å². The zero-order chi connectivity index (χ0) is 13.0. The molecule has 0 spiro atoms. The van der Waals surface area contributed by atoms with Crippen molar-refractivity contribution in [1.82, 2.24) is 0 Å². The monoisotopic (exact) mass is 246 g/mol. The fourth-order valence-electron chi connectivity index (χ4n) is 1.09. The summed E-state index contributed by atoms with van der Waals surface area (Å²) in [6.45, 7) is 8.17. The van der Waals surface area contributed by atoms with Gasteiger partial charge in [-0.1, -0.05) is 5.16 Å². The van der Waals surface area contributed by atoms with Gasteiger partial charge in [-0.2, -0.15) is 5.26 Å². The van der Waals surface area contributed by atoms with Gasteiger partial charge in [0.25, 0.3) is 7.37 Å². The van der Waals surface area contributed by atoms with Crippen molar-refractivity contribution in [3.05, 3.63) is 0 Å². The Morgan fingerprint density at radius 3 is 2.31 bits per heavy atom. The molecule has 0 rings (SSSR count). The average Bonchev–Trinajstić information content (AvgIpc) is 2.14. The number of rotatable bonds is 5. The van der Waals surface area contributed by atoms with Gasteiger partial charge in [-0.3, -0.25) is 4.57 Å². The Labute approximate surface area is 96.9 Å². The Hall–Kier alpha value is -0.850. The summed E-state index contributed by atoms with van der Waals surface area (Å²) in [5.41, 5.74) is -0.199. The lowest BCUT2D eigenvalue weighted by Gasteiger charge is -2.27. The first kappa shape index (κ1) is 15.2. The molecular weight excluding hydrogens is 227 g/mol. The summed E-state index contributed by atoms with van der Waals surface area (Å²) in [4.78, 5) is 0. The van der Waals surface area contributed by atoms with E-state index in [1.807, 2.05) is 0 Å². The molecule has 0 fully saturated rings. The van der Waals surface area contributed by atoms with Gasteiger partial charge in [0.05, 0.1) is 17.4 Å². The summed E-state index contributed by atoms with van der Waals surface area (Å²) >= 11 is 0. The first-order chi connectivity index (χ1) is 7.14. The van der Waals surface area contributed by atoms with Gasteiger partial charge >= 0.3 is 0 Å². The van der Waals surface area contributed by atoms with Gasteiger partial charge < -0.3 is 9.36 Å². The molecule has 5 nitrogen and oxygen atoms in total. The number of hydrogen-bond acceptors (Lipinski definition) is 5. The lowest BCUT2D eigenvalue weighted by Crippen LogP contribution is -2.36. The molecule has 0 aliphatic carbocycles. The number of ether oxygens (including phenoxy) is 1. The van der Waals surface area contributed by atoms with E-state index < -0.39 is 18.9 Å². The summed E-state index contributed by atoms with van der Waals surface area (Å²) in [5, 5.41) is 12.8. The highest BCUT2D eigenvalue weighted by atomic mass is 31.2. The van der Waals surface area contributed by atoms with E-state index >= 15 is 0 Å². The summed E-state index contributed by atoms with van der Waals surface area (Å²) < 4.78 is 21.4. The van der Waals surface area contributed by atoms with E-state index in [9.17, 15) is 4.57 Å². The van der Waals surface area contributed by atoms with Crippen molar-refractivity contribution in [3.8, 4) is 6.07 Å². The highest BCUT2D eigenvalue weighted by molar-refractivity contribution is 7.57. The highest BCUT2D eigenvalue weighted by Gasteiger charge is 2.32. The Morgan fingerprint density at radius 2 is 2.00 bits per heavy atom. The maximum absolute atomic E-state index is 11.3. The van der Waals surface area contributed by atoms with Crippen LogP contribution in [0.15, 0.2) is 5.16 Å². The fraction of sp³-hybridized carbons (Fsp3) is 0.800. The van der Waals surface area contributed by atoms with Crippen molar-refractivity contribution in [2.24, 2.45) is 11.1 Å². The van der Waals surface area contributed by atoms with E-state index in [4.69, 9.17) is 14.6 Å². The van der Waals surface area contributed by atoms with Crippen LogP contribution in [-0.4, -0.2) is 31.8 Å². The minimum absolute atomic E-state index is 0.457. The first-order valence-corrected chi connectivity index (χ1v) is 7.39. The van der Waals surface area contributed by atoms with E-state index in [1.165, 1.54) is 20.4 Å². The van der Waals surface area contributed by atoms with Crippen molar-refractivity contribution in [1.29, 1.82) is 5.26 Å². The standard InChI is InChI=1S/C10H19N2O3P/c1-8(12-15-16(5,6)13)9(7-11)10(2,3)14-4/h9H,1-6H3/b12-8+. The van der Waals surface area contributed by atoms with Crippen LogP contribution < -0.4 is 0 Å². The molecule has 0 saturated heterocycles. The fourth-order valence-corrected chi connectivity index (χ4v) is 1.41. The van der Waals surface area contributed by atoms with Gasteiger partial charge in [0, 0.05) is 20.4 Å². The minimum atomic E-state index is -2.67. The average molecular weight is 246 g/mol. The van der Waals surface area contributed by atoms with Crippen molar-refractivity contribution in [3.63, 3.8) is 0 Å². The van der Waals surface area contributed by atoms with Gasteiger partial charge in [0.1, 0.15) is 5.92 Å². The predicted octanol–water partition coefficient (Wildman–Crippen LogP) is 2.48. The molecule has 0 bridgehead atoms. The van der Waals surface area contributed by atoms with Crippen LogP contribution in [-0.2, 0) is 13.9 Å². The molecule has 92 valence electrons. The third kappa shape index (κ3) is 4.78. The van der Waals surface area contributed by atoms with Gasteiger partial charge in [0.15, 0.2) is 0 Å². The largest absolute Gasteiger partial charge is 0.377 e. The number of oxime groups is 1. The van der Waals surface area contributed by atoms with Crippen LogP contribution in [0.25, 0.3) is 0 Å². The zero-order valence-corrected chi connectivity index (χ0v) is 11.5. The highest BCUT2D eigenvalue weighted by Crippen LogP contribution is 2.38. The van der Waals surface area contributed by atoms with Crippen LogP contribution in [0.4, 0.5) is 0 Å². The number of nitriles is 1. The number of methoxy groups -OCH3 is 1. The second kappa shape index (κ2) is 5.47. The molecule has 0 amide bonds. The van der Waals surface area contributed by atoms with E-state index in [0.29, 0.717) is 5.71 Å². The van der Waals surface area contributed by atoms with Crippen LogP contribution in [0, 0.1) is 17.2 Å². The van der Waals surface area contributed by atoms with Gasteiger partial charge in [0.2, 0.25) is 0 Å². The summed E-state index contributed by atoms with van der Waals surface area (Å²) in [6, 6.07) is 2.10. The van der Waals surface area contributed by atoms with Crippen LogP contribution in [0.2, 0.25) is 0 Å². The van der Waals surface area contributed by atoms with E-state index in [2.05, 4.69) is 11.2 Å². The van der Waals surface area contributed by atoms with E-state index in [-0.39, 0.29) is 0 Å². The Bertz CT molecular complexity index is 352. The zero-order valence-electron chi connectivity index (χ0n) is 10.6. The van der Waals surface area contributed by atoms with Gasteiger partial charge in [-0.05, 0) is 20.8 Å². The first-order valence-electron chi connectivity index (χ1n) is 4.87. The number of nitrogens with zero attached hydrogens (tertiary/aromatic N) is 2. The van der Waals surface area contributed by atoms with Crippen molar-refractivity contribution in [2.75, 3.05) is 20.4 Å². The van der Waals surface area contributed by atoms with Crippen LogP contribution in [0.3, 0.4) is 0 Å². The lowest BCUT2D eigenvalue weighted by molar-refractivity contribution is 0.00822. The smallest absolute Gasteiger partial charge is 0.268 e. The third-order valence-electron chi connectivity index (χ3n) is 2.15. The second-order valence-electron chi connectivity index (χ2n) is 4.44. The van der Waals surface area contributed by atoms with Gasteiger partial charge in [-0.25, -0.2) is 0 Å². The SMILES string of the molecule is COC(C)(C)C(C#N)/C(C)=N/OP(C)(C)=O. The quantitative estimate of drug-likeness (QED) is 0.424. The lowest BCUT2D eigenvalue weighted by atomic mass is 9.88. The van der Waals surface area contributed by atoms with E-state index in [0.717, 1.165) is 0 Å². The topological polar surface area (TPSA) is 71.7 Å². The van der Waals surface area contributed by atoms with Gasteiger partial charge in [-0.15, -0.1) is 0 Å². The maximum atomic E-state index is 11.3. The molecule has 0 N–H and O–H groups in total. The molecule has 0 aromatic rings. The summed E-state index contributed by atoms with van der Waals surface area (Å²) in [7, 11) is -1.14. The molecule has 0 aromatic heterocycles. The molecule has 0 saturated carbocycles. The Morgan fingerprint density at radius 1 is 1.50 bits per heavy atom. The second-order valence-corrected chi connectivity index (χ2v) is 7.10. The molecule has 0 radical (unpaired) electrons. The van der Waals surface area contributed by atoms with Crippen molar-refractivity contribution < 1.29 is 13.9 Å².